The minimum Gasteiger partial charge on any atom is -0.380 e. The van der Waals surface area contributed by atoms with Crippen molar-refractivity contribution in [3.63, 3.8) is 0 Å². The summed E-state index contributed by atoms with van der Waals surface area (Å²) in [6.45, 7) is 9.49. The van der Waals surface area contributed by atoms with Crippen LogP contribution in [0, 0.1) is 0 Å². The summed E-state index contributed by atoms with van der Waals surface area (Å²) in [5.41, 5.74) is 2.11. The van der Waals surface area contributed by atoms with Crippen LogP contribution in [-0.4, -0.2) is 14.7 Å². The van der Waals surface area contributed by atoms with Gasteiger partial charge in [-0.3, -0.25) is 0 Å². The minimum atomic E-state index is -0.674. The predicted molar refractivity (Wildman–Crippen MR) is 81.7 cm³/mol. The van der Waals surface area contributed by atoms with Crippen LogP contribution in [0.1, 0.15) is 57.2 Å². The van der Waals surface area contributed by atoms with Crippen molar-refractivity contribution in [3.8, 4) is 0 Å². The van der Waals surface area contributed by atoms with E-state index in [0.29, 0.717) is 0 Å². The molecule has 1 heterocycles. The molecular weight excluding hydrogens is 248 g/mol. The molecule has 0 spiro atoms. The van der Waals surface area contributed by atoms with Gasteiger partial charge < -0.3 is 9.67 Å². The predicted octanol–water partition coefficient (Wildman–Crippen LogP) is 3.67. The summed E-state index contributed by atoms with van der Waals surface area (Å²) < 4.78 is 2.03. The van der Waals surface area contributed by atoms with Gasteiger partial charge in [-0.25, -0.2) is 4.98 Å². The van der Waals surface area contributed by atoms with Gasteiger partial charge in [0.2, 0.25) is 0 Å². The van der Waals surface area contributed by atoms with Gasteiger partial charge in [0, 0.05) is 18.9 Å². The lowest BCUT2D eigenvalue weighted by Crippen LogP contribution is -2.18. The molecule has 0 aliphatic heterocycles. The molecule has 0 bridgehead atoms. The van der Waals surface area contributed by atoms with Crippen LogP contribution in [0.2, 0.25) is 0 Å². The molecule has 20 heavy (non-hydrogen) atoms. The van der Waals surface area contributed by atoms with Crippen molar-refractivity contribution in [1.29, 1.82) is 0 Å². The summed E-state index contributed by atoms with van der Waals surface area (Å²) in [5.74, 6) is 0.726. The number of aliphatic hydroxyl groups excluding tert-OH is 1. The van der Waals surface area contributed by atoms with Crippen molar-refractivity contribution in [1.82, 2.24) is 9.55 Å². The number of hydrogen-bond acceptors (Lipinski definition) is 2. The fraction of sp³-hybridized carbons (Fsp3) is 0.471. The van der Waals surface area contributed by atoms with Gasteiger partial charge in [-0.2, -0.15) is 0 Å². The topological polar surface area (TPSA) is 38.0 Å². The van der Waals surface area contributed by atoms with Crippen molar-refractivity contribution < 1.29 is 5.11 Å². The molecule has 1 unspecified atom stereocenters. The van der Waals surface area contributed by atoms with Crippen LogP contribution in [-0.2, 0) is 12.0 Å². The number of aryl methyl sites for hydroxylation is 1. The quantitative estimate of drug-likeness (QED) is 0.922. The summed E-state index contributed by atoms with van der Waals surface area (Å²) in [5, 5.41) is 10.7. The molecular formula is C17H24N2O. The van der Waals surface area contributed by atoms with Crippen molar-refractivity contribution in [2.24, 2.45) is 0 Å². The van der Waals surface area contributed by atoms with E-state index in [2.05, 4.69) is 38.7 Å². The lowest BCUT2D eigenvalue weighted by Gasteiger charge is -2.25. The summed E-state index contributed by atoms with van der Waals surface area (Å²) in [7, 11) is 0. The van der Waals surface area contributed by atoms with E-state index in [1.165, 1.54) is 5.56 Å². The molecule has 2 rings (SSSR count). The number of aromatic nitrogens is 2. The van der Waals surface area contributed by atoms with E-state index in [0.717, 1.165) is 24.4 Å². The highest BCUT2D eigenvalue weighted by atomic mass is 16.3. The van der Waals surface area contributed by atoms with E-state index in [1.54, 1.807) is 6.20 Å². The minimum absolute atomic E-state index is 0.000246. The Hall–Kier alpha value is -1.61. The number of benzene rings is 1. The van der Waals surface area contributed by atoms with Crippen LogP contribution in [0.25, 0.3) is 0 Å². The van der Waals surface area contributed by atoms with Gasteiger partial charge in [0.25, 0.3) is 0 Å². The van der Waals surface area contributed by atoms with Crippen molar-refractivity contribution in [3.05, 3.63) is 53.6 Å². The number of imidazole rings is 1. The van der Waals surface area contributed by atoms with E-state index in [-0.39, 0.29) is 5.41 Å². The van der Waals surface area contributed by atoms with Crippen LogP contribution in [0.5, 0.6) is 0 Å². The van der Waals surface area contributed by atoms with Crippen LogP contribution in [0.15, 0.2) is 36.7 Å². The SMILES string of the molecule is CCCn1ccnc1C(O)c1ccccc1C(C)(C)C. The molecule has 1 aromatic heterocycles. The lowest BCUT2D eigenvalue weighted by molar-refractivity contribution is 0.201. The van der Waals surface area contributed by atoms with Gasteiger partial charge in [-0.15, -0.1) is 0 Å². The first-order valence-electron chi connectivity index (χ1n) is 7.23. The van der Waals surface area contributed by atoms with E-state index in [4.69, 9.17) is 0 Å². The molecule has 2 aromatic rings. The molecule has 0 saturated carbocycles. The van der Waals surface area contributed by atoms with Gasteiger partial charge in [-0.05, 0) is 23.0 Å². The molecule has 0 amide bonds. The highest BCUT2D eigenvalue weighted by Gasteiger charge is 2.24. The Balaban J connectivity index is 2.43. The second kappa shape index (κ2) is 5.80. The van der Waals surface area contributed by atoms with Gasteiger partial charge in [0.15, 0.2) is 0 Å². The van der Waals surface area contributed by atoms with Gasteiger partial charge in [-0.1, -0.05) is 52.0 Å². The van der Waals surface area contributed by atoms with Crippen molar-refractivity contribution in [2.45, 2.75) is 52.2 Å². The van der Waals surface area contributed by atoms with Crippen LogP contribution >= 0.6 is 0 Å². The van der Waals surface area contributed by atoms with Crippen LogP contribution < -0.4 is 0 Å². The highest BCUT2D eigenvalue weighted by Crippen LogP contribution is 2.32. The summed E-state index contributed by atoms with van der Waals surface area (Å²) in [6.07, 6.45) is 4.04. The maximum atomic E-state index is 10.7. The van der Waals surface area contributed by atoms with Gasteiger partial charge >= 0.3 is 0 Å². The maximum absolute atomic E-state index is 10.7. The maximum Gasteiger partial charge on any atom is 0.142 e. The molecule has 1 N–H and O–H groups in total. The van der Waals surface area contributed by atoms with E-state index >= 15 is 0 Å². The fourth-order valence-electron chi connectivity index (χ4n) is 2.56. The molecule has 3 heteroatoms. The third kappa shape index (κ3) is 2.93. The van der Waals surface area contributed by atoms with Crippen LogP contribution in [0.4, 0.5) is 0 Å². The van der Waals surface area contributed by atoms with Crippen molar-refractivity contribution >= 4 is 0 Å². The van der Waals surface area contributed by atoms with Crippen LogP contribution in [0.3, 0.4) is 0 Å². The van der Waals surface area contributed by atoms with Gasteiger partial charge in [0.1, 0.15) is 11.9 Å². The Labute approximate surface area is 121 Å². The monoisotopic (exact) mass is 272 g/mol. The Morgan fingerprint density at radius 3 is 2.60 bits per heavy atom. The van der Waals surface area contributed by atoms with Gasteiger partial charge in [0.05, 0.1) is 0 Å². The Bertz CT molecular complexity index is 566. The lowest BCUT2D eigenvalue weighted by atomic mass is 9.82. The first-order chi connectivity index (χ1) is 9.45. The molecule has 0 aliphatic rings. The van der Waals surface area contributed by atoms with E-state index in [1.807, 2.05) is 29.0 Å². The molecule has 3 nitrogen and oxygen atoms in total. The zero-order chi connectivity index (χ0) is 14.8. The Morgan fingerprint density at radius 2 is 1.95 bits per heavy atom. The first-order valence-corrected chi connectivity index (χ1v) is 7.23. The zero-order valence-corrected chi connectivity index (χ0v) is 12.8. The molecule has 0 aliphatic carbocycles. The summed E-state index contributed by atoms with van der Waals surface area (Å²) in [6, 6.07) is 8.08. The third-order valence-electron chi connectivity index (χ3n) is 3.52. The molecule has 1 atom stereocenters. The third-order valence-corrected chi connectivity index (χ3v) is 3.52. The second-order valence-corrected chi connectivity index (χ2v) is 6.22. The second-order valence-electron chi connectivity index (χ2n) is 6.22. The molecule has 0 saturated heterocycles. The summed E-state index contributed by atoms with van der Waals surface area (Å²) >= 11 is 0. The molecule has 0 radical (unpaired) electrons. The average Bonchev–Trinajstić information content (AvgIpc) is 2.85. The number of nitrogens with zero attached hydrogens (tertiary/aromatic N) is 2. The van der Waals surface area contributed by atoms with E-state index in [9.17, 15) is 5.11 Å². The molecule has 108 valence electrons. The highest BCUT2D eigenvalue weighted by molar-refractivity contribution is 5.37. The number of rotatable bonds is 4. The molecule has 1 aromatic carbocycles. The number of aliphatic hydroxyl groups is 1. The average molecular weight is 272 g/mol. The fourth-order valence-corrected chi connectivity index (χ4v) is 2.56. The smallest absolute Gasteiger partial charge is 0.142 e. The van der Waals surface area contributed by atoms with Crippen molar-refractivity contribution in [2.75, 3.05) is 0 Å². The number of hydrogen-bond donors (Lipinski definition) is 1. The molecule has 0 fully saturated rings. The normalized spacial score (nSPS) is 13.4. The largest absolute Gasteiger partial charge is 0.380 e. The Kier molecular flexibility index (Phi) is 4.29. The summed E-state index contributed by atoms with van der Waals surface area (Å²) in [4.78, 5) is 4.35. The van der Waals surface area contributed by atoms with E-state index < -0.39 is 6.10 Å². The standard InChI is InChI=1S/C17H24N2O/c1-5-11-19-12-10-18-16(19)15(20)13-8-6-7-9-14(13)17(2,3)4/h6-10,12,15,20H,5,11H2,1-4H3. The first kappa shape index (κ1) is 14.8. The Morgan fingerprint density at radius 1 is 1.25 bits per heavy atom. The zero-order valence-electron chi connectivity index (χ0n) is 12.8.